The van der Waals surface area contributed by atoms with E-state index in [0.717, 1.165) is 19.3 Å². The monoisotopic (exact) mass is 333 g/mol. The average molecular weight is 333 g/mol. The molecular formula is C18H27N3O3. The van der Waals surface area contributed by atoms with Crippen LogP contribution in [-0.4, -0.2) is 65.7 Å². The molecule has 132 valence electrons. The number of urea groups is 1. The lowest BCUT2D eigenvalue weighted by atomic mass is 10.1. The van der Waals surface area contributed by atoms with Crippen LogP contribution in [0.1, 0.15) is 25.3 Å². The largest absolute Gasteiger partial charge is 0.389 e. The molecule has 2 rings (SSSR count). The summed E-state index contributed by atoms with van der Waals surface area (Å²) in [4.78, 5) is 26.8. The Labute approximate surface area is 143 Å². The third-order valence-corrected chi connectivity index (χ3v) is 4.25. The van der Waals surface area contributed by atoms with Crippen molar-refractivity contribution in [1.82, 2.24) is 15.1 Å². The molecule has 0 bridgehead atoms. The highest BCUT2D eigenvalue weighted by atomic mass is 16.3. The van der Waals surface area contributed by atoms with E-state index >= 15 is 0 Å². The number of aryl methyl sites for hydroxylation is 1. The molecule has 1 heterocycles. The quantitative estimate of drug-likeness (QED) is 0.797. The van der Waals surface area contributed by atoms with Crippen LogP contribution in [0.5, 0.6) is 0 Å². The molecule has 6 heteroatoms. The van der Waals surface area contributed by atoms with Gasteiger partial charge in [0.2, 0.25) is 5.91 Å². The smallest absolute Gasteiger partial charge is 0.317 e. The van der Waals surface area contributed by atoms with E-state index in [1.165, 1.54) is 12.5 Å². The van der Waals surface area contributed by atoms with Gasteiger partial charge in [0.25, 0.3) is 0 Å². The Balaban J connectivity index is 1.67. The average Bonchev–Trinajstić information content (AvgIpc) is 2.77. The molecule has 0 saturated carbocycles. The first kappa shape index (κ1) is 18.3. The normalized spacial score (nSPS) is 18.2. The highest BCUT2D eigenvalue weighted by Crippen LogP contribution is 2.06. The fourth-order valence-corrected chi connectivity index (χ4v) is 2.87. The summed E-state index contributed by atoms with van der Waals surface area (Å²) in [5, 5.41) is 12.9. The Hall–Kier alpha value is -2.08. The summed E-state index contributed by atoms with van der Waals surface area (Å²) in [6, 6.07) is 10.1. The van der Waals surface area contributed by atoms with Crippen molar-refractivity contribution in [3.8, 4) is 0 Å². The number of β-amino-alcohol motifs (C(OH)–C–C–N with tert-alkyl or cyclic N) is 1. The number of rotatable bonds is 5. The van der Waals surface area contributed by atoms with E-state index in [9.17, 15) is 14.7 Å². The lowest BCUT2D eigenvalue weighted by molar-refractivity contribution is -0.129. The summed E-state index contributed by atoms with van der Waals surface area (Å²) < 4.78 is 0. The second kappa shape index (κ2) is 9.27. The summed E-state index contributed by atoms with van der Waals surface area (Å²) in [5.74, 6) is -0.0720. The van der Waals surface area contributed by atoms with Crippen LogP contribution in [0.2, 0.25) is 0 Å². The van der Waals surface area contributed by atoms with Crippen LogP contribution in [0, 0.1) is 0 Å². The Morgan fingerprint density at radius 3 is 2.50 bits per heavy atom. The van der Waals surface area contributed by atoms with E-state index < -0.39 is 6.10 Å². The zero-order chi connectivity index (χ0) is 17.4. The van der Waals surface area contributed by atoms with Crippen molar-refractivity contribution in [1.29, 1.82) is 0 Å². The maximum absolute atomic E-state index is 12.2. The molecule has 1 atom stereocenters. The number of carbonyl (C=O) groups is 2. The molecule has 1 aliphatic rings. The molecule has 1 unspecified atom stereocenters. The minimum Gasteiger partial charge on any atom is -0.389 e. The molecule has 24 heavy (non-hydrogen) atoms. The van der Waals surface area contributed by atoms with Crippen molar-refractivity contribution in [3.63, 3.8) is 0 Å². The molecule has 1 saturated heterocycles. The maximum atomic E-state index is 12.2. The minimum atomic E-state index is -0.694. The van der Waals surface area contributed by atoms with Gasteiger partial charge in [-0.3, -0.25) is 4.79 Å². The number of benzene rings is 1. The number of amides is 3. The van der Waals surface area contributed by atoms with Gasteiger partial charge in [-0.05, 0) is 24.8 Å². The predicted octanol–water partition coefficient (Wildman–Crippen LogP) is 1.24. The Bertz CT molecular complexity index is 536. The number of aliphatic hydroxyl groups is 1. The molecule has 1 fully saturated rings. The molecular weight excluding hydrogens is 306 g/mol. The second-order valence-electron chi connectivity index (χ2n) is 6.24. The number of nitrogens with zero attached hydrogens (tertiary/aromatic N) is 2. The second-order valence-corrected chi connectivity index (χ2v) is 6.24. The van der Waals surface area contributed by atoms with Crippen LogP contribution in [-0.2, 0) is 11.2 Å². The highest BCUT2D eigenvalue weighted by molar-refractivity contribution is 5.75. The predicted molar refractivity (Wildman–Crippen MR) is 92.6 cm³/mol. The van der Waals surface area contributed by atoms with Gasteiger partial charge in [-0.25, -0.2) is 4.79 Å². The number of hydrogen-bond acceptors (Lipinski definition) is 3. The lowest BCUT2D eigenvalue weighted by Gasteiger charge is -2.22. The maximum Gasteiger partial charge on any atom is 0.317 e. The van der Waals surface area contributed by atoms with Crippen molar-refractivity contribution in [2.45, 2.75) is 32.3 Å². The number of unbranched alkanes of at least 4 members (excludes halogenated alkanes) is 1. The topological polar surface area (TPSA) is 72.9 Å². The van der Waals surface area contributed by atoms with E-state index in [2.05, 4.69) is 17.4 Å². The van der Waals surface area contributed by atoms with Gasteiger partial charge in [-0.2, -0.15) is 0 Å². The number of carbonyl (C=O) groups excluding carboxylic acids is 2. The van der Waals surface area contributed by atoms with E-state index in [0.29, 0.717) is 19.6 Å². The van der Waals surface area contributed by atoms with Gasteiger partial charge in [0, 0.05) is 33.1 Å². The van der Waals surface area contributed by atoms with Gasteiger partial charge < -0.3 is 20.2 Å². The fraction of sp³-hybridized carbons (Fsp3) is 0.556. The van der Waals surface area contributed by atoms with E-state index in [1.54, 1.807) is 9.80 Å². The van der Waals surface area contributed by atoms with E-state index in [-0.39, 0.29) is 25.0 Å². The van der Waals surface area contributed by atoms with Crippen molar-refractivity contribution < 1.29 is 14.7 Å². The van der Waals surface area contributed by atoms with Crippen molar-refractivity contribution in [2.24, 2.45) is 0 Å². The number of aliphatic hydroxyl groups excluding tert-OH is 1. The zero-order valence-corrected chi connectivity index (χ0v) is 14.3. The van der Waals surface area contributed by atoms with Crippen LogP contribution in [0.3, 0.4) is 0 Å². The Morgan fingerprint density at radius 1 is 1.12 bits per heavy atom. The van der Waals surface area contributed by atoms with Gasteiger partial charge in [-0.1, -0.05) is 30.3 Å². The molecule has 1 aromatic carbocycles. The summed E-state index contributed by atoms with van der Waals surface area (Å²) in [6.45, 7) is 3.57. The van der Waals surface area contributed by atoms with Crippen LogP contribution in [0.25, 0.3) is 0 Å². The minimum absolute atomic E-state index is 0.0720. The molecule has 2 N–H and O–H groups in total. The lowest BCUT2D eigenvalue weighted by Crippen LogP contribution is -2.44. The highest BCUT2D eigenvalue weighted by Gasteiger charge is 2.25. The van der Waals surface area contributed by atoms with Crippen LogP contribution < -0.4 is 5.32 Å². The fourth-order valence-electron chi connectivity index (χ4n) is 2.87. The van der Waals surface area contributed by atoms with Gasteiger partial charge in [0.1, 0.15) is 0 Å². The number of hydrogen-bond donors (Lipinski definition) is 2. The third-order valence-electron chi connectivity index (χ3n) is 4.25. The van der Waals surface area contributed by atoms with Gasteiger partial charge in [0.15, 0.2) is 0 Å². The van der Waals surface area contributed by atoms with Gasteiger partial charge >= 0.3 is 6.03 Å². The van der Waals surface area contributed by atoms with Crippen LogP contribution in [0.15, 0.2) is 30.3 Å². The van der Waals surface area contributed by atoms with E-state index in [1.807, 2.05) is 18.2 Å². The first-order chi connectivity index (χ1) is 11.6. The van der Waals surface area contributed by atoms with Crippen molar-refractivity contribution in [3.05, 3.63) is 35.9 Å². The number of nitrogens with one attached hydrogen (secondary N) is 1. The summed E-state index contributed by atoms with van der Waals surface area (Å²) in [6.07, 6.45) is 2.24. The standard InChI is InChI=1S/C18H27N3O3/c1-15(22)20-11-12-21(14-17(23)13-20)18(24)19-10-6-5-9-16-7-3-2-4-8-16/h2-4,7-8,17,23H,5-6,9-14H2,1H3,(H,19,24). The molecule has 0 radical (unpaired) electrons. The molecule has 0 aromatic heterocycles. The zero-order valence-electron chi connectivity index (χ0n) is 14.3. The van der Waals surface area contributed by atoms with E-state index in [4.69, 9.17) is 0 Å². The van der Waals surface area contributed by atoms with Crippen LogP contribution in [0.4, 0.5) is 4.79 Å². The molecule has 1 aromatic rings. The molecule has 1 aliphatic heterocycles. The van der Waals surface area contributed by atoms with Crippen LogP contribution >= 0.6 is 0 Å². The SMILES string of the molecule is CC(=O)N1CCN(C(=O)NCCCCc2ccccc2)CC(O)C1. The first-order valence-corrected chi connectivity index (χ1v) is 8.56. The first-order valence-electron chi connectivity index (χ1n) is 8.56. The third kappa shape index (κ3) is 5.85. The molecule has 3 amide bonds. The Kier molecular flexibility index (Phi) is 7.06. The summed E-state index contributed by atoms with van der Waals surface area (Å²) >= 11 is 0. The Morgan fingerprint density at radius 2 is 1.79 bits per heavy atom. The summed E-state index contributed by atoms with van der Waals surface area (Å²) in [5.41, 5.74) is 1.31. The van der Waals surface area contributed by atoms with Gasteiger partial charge in [0.05, 0.1) is 12.6 Å². The van der Waals surface area contributed by atoms with Gasteiger partial charge in [-0.15, -0.1) is 0 Å². The molecule has 0 aliphatic carbocycles. The van der Waals surface area contributed by atoms with Crippen molar-refractivity contribution >= 4 is 11.9 Å². The molecule has 0 spiro atoms. The van der Waals surface area contributed by atoms with Crippen molar-refractivity contribution in [2.75, 3.05) is 32.7 Å². The molecule has 6 nitrogen and oxygen atoms in total. The summed E-state index contributed by atoms with van der Waals surface area (Å²) in [7, 11) is 0.